The highest BCUT2D eigenvalue weighted by molar-refractivity contribution is 5.92. The zero-order valence-corrected chi connectivity index (χ0v) is 12.2. The number of rotatable bonds is 3. The van der Waals surface area contributed by atoms with Gasteiger partial charge in [0.15, 0.2) is 5.03 Å². The van der Waals surface area contributed by atoms with Crippen LogP contribution in [0.3, 0.4) is 0 Å². The molecule has 8 heteroatoms. The van der Waals surface area contributed by atoms with Gasteiger partial charge in [-0.2, -0.15) is 0 Å². The molecule has 0 aliphatic carbocycles. The van der Waals surface area contributed by atoms with Gasteiger partial charge in [0.1, 0.15) is 11.3 Å². The monoisotopic (exact) mass is 296 g/mol. The average molecular weight is 296 g/mol. The normalized spacial score (nSPS) is 10.7. The van der Waals surface area contributed by atoms with Gasteiger partial charge in [-0.1, -0.05) is 6.07 Å². The van der Waals surface area contributed by atoms with Crippen LogP contribution in [0.2, 0.25) is 0 Å². The highest BCUT2D eigenvalue weighted by atomic mass is 16.7. The van der Waals surface area contributed by atoms with E-state index in [-0.39, 0.29) is 16.3 Å². The van der Waals surface area contributed by atoms with Crippen LogP contribution in [0.4, 0.5) is 10.5 Å². The Bertz CT molecular complexity index is 564. The molecule has 0 heterocycles. The number of nitro groups is 1. The van der Waals surface area contributed by atoms with Crippen LogP contribution in [0.1, 0.15) is 31.1 Å². The Morgan fingerprint density at radius 3 is 2.38 bits per heavy atom. The summed E-state index contributed by atoms with van der Waals surface area (Å²) in [5, 5.41) is 10.4. The molecule has 0 aromatic heterocycles. The van der Waals surface area contributed by atoms with Gasteiger partial charge in [0.25, 0.3) is 0 Å². The Labute approximate surface area is 121 Å². The predicted octanol–water partition coefficient (Wildman–Crippen LogP) is 2.41. The molecule has 0 unspecified atom stereocenters. The van der Waals surface area contributed by atoms with Crippen LogP contribution in [0.5, 0.6) is 0 Å². The molecule has 0 N–H and O–H groups in total. The van der Waals surface area contributed by atoms with Gasteiger partial charge in [0.2, 0.25) is 0 Å². The second-order valence-corrected chi connectivity index (χ2v) is 5.07. The van der Waals surface area contributed by atoms with E-state index in [9.17, 15) is 19.7 Å². The van der Waals surface area contributed by atoms with E-state index < -0.39 is 22.7 Å². The first-order valence-electron chi connectivity index (χ1n) is 6.01. The third kappa shape index (κ3) is 4.44. The van der Waals surface area contributed by atoms with Crippen molar-refractivity contribution in [2.75, 3.05) is 12.1 Å². The molecule has 0 saturated carbocycles. The third-order valence-electron chi connectivity index (χ3n) is 2.24. The van der Waals surface area contributed by atoms with E-state index in [4.69, 9.17) is 4.74 Å². The van der Waals surface area contributed by atoms with Crippen molar-refractivity contribution in [3.8, 4) is 0 Å². The van der Waals surface area contributed by atoms with Gasteiger partial charge in [-0.25, -0.2) is 19.7 Å². The Balaban J connectivity index is 3.15. The number of hydrazine groups is 1. The maximum Gasteiger partial charge on any atom is 0.473 e. The summed E-state index contributed by atoms with van der Waals surface area (Å²) in [6.07, 6.45) is -1.14. The van der Waals surface area contributed by atoms with Crippen molar-refractivity contribution in [1.82, 2.24) is 0 Å². The number of hydrogen-bond acceptors (Lipinski definition) is 6. The topological polar surface area (TPSA) is 99.0 Å². The Kier molecular flexibility index (Phi) is 4.85. The molecule has 0 bridgehead atoms. The number of methoxy groups -OCH3 is 1. The van der Waals surface area contributed by atoms with E-state index in [0.717, 1.165) is 0 Å². The van der Waals surface area contributed by atoms with Crippen molar-refractivity contribution in [2.24, 2.45) is 0 Å². The van der Waals surface area contributed by atoms with Crippen LogP contribution in [0, 0.1) is 10.1 Å². The molecule has 0 spiro atoms. The fourth-order valence-corrected chi connectivity index (χ4v) is 1.45. The quantitative estimate of drug-likeness (QED) is 0.482. The van der Waals surface area contributed by atoms with E-state index in [2.05, 4.69) is 4.74 Å². The molecule has 0 atom stereocenters. The molecule has 0 saturated heterocycles. The number of amides is 1. The van der Waals surface area contributed by atoms with Crippen molar-refractivity contribution in [2.45, 2.75) is 26.4 Å². The summed E-state index contributed by atoms with van der Waals surface area (Å²) in [7, 11) is 1.19. The number of esters is 1. The molecule has 0 aliphatic rings. The first-order chi connectivity index (χ1) is 9.65. The van der Waals surface area contributed by atoms with Gasteiger partial charge in [0, 0.05) is 5.01 Å². The van der Waals surface area contributed by atoms with Crippen LogP contribution < -0.4 is 5.01 Å². The van der Waals surface area contributed by atoms with Crippen LogP contribution in [-0.2, 0) is 9.47 Å². The van der Waals surface area contributed by atoms with E-state index in [1.54, 1.807) is 20.8 Å². The van der Waals surface area contributed by atoms with Crippen molar-refractivity contribution < 1.29 is 24.1 Å². The first-order valence-corrected chi connectivity index (χ1v) is 6.01. The minimum Gasteiger partial charge on any atom is -0.465 e. The zero-order chi connectivity index (χ0) is 16.2. The van der Waals surface area contributed by atoms with Crippen molar-refractivity contribution in [3.05, 3.63) is 39.9 Å². The lowest BCUT2D eigenvalue weighted by Crippen LogP contribution is -2.40. The minimum atomic E-state index is -1.14. The van der Waals surface area contributed by atoms with Gasteiger partial charge >= 0.3 is 12.1 Å². The number of ether oxygens (including phenoxy) is 2. The summed E-state index contributed by atoms with van der Waals surface area (Å²) in [4.78, 5) is 34.4. The molecular formula is C13H16N2O6. The lowest BCUT2D eigenvalue weighted by atomic mass is 10.2. The van der Waals surface area contributed by atoms with Crippen molar-refractivity contribution in [3.63, 3.8) is 0 Å². The second kappa shape index (κ2) is 6.21. The standard InChI is InChI=1S/C13H16N2O6/c1-13(2,3)21-12(17)14(15(18)19)10-7-5-6-9(8-10)11(16)20-4/h5-8H,1-4H3. The second-order valence-electron chi connectivity index (χ2n) is 5.07. The average Bonchev–Trinajstić information content (AvgIpc) is 2.35. The molecular weight excluding hydrogens is 280 g/mol. The van der Waals surface area contributed by atoms with E-state index >= 15 is 0 Å². The number of nitrogens with zero attached hydrogens (tertiary/aromatic N) is 2. The summed E-state index contributed by atoms with van der Waals surface area (Å²) >= 11 is 0. The van der Waals surface area contributed by atoms with E-state index in [1.165, 1.54) is 31.4 Å². The Morgan fingerprint density at radius 2 is 1.90 bits per heavy atom. The number of carbonyl (C=O) groups is 2. The first kappa shape index (κ1) is 16.4. The number of hydrogen-bond donors (Lipinski definition) is 0. The summed E-state index contributed by atoms with van der Waals surface area (Å²) in [6.45, 7) is 4.77. The summed E-state index contributed by atoms with van der Waals surface area (Å²) in [6, 6.07) is 5.32. The van der Waals surface area contributed by atoms with Gasteiger partial charge in [-0.15, -0.1) is 0 Å². The SMILES string of the molecule is COC(=O)c1cccc(N(C(=O)OC(C)(C)C)[N+](=O)[O-])c1. The van der Waals surface area contributed by atoms with Crippen LogP contribution >= 0.6 is 0 Å². The van der Waals surface area contributed by atoms with Crippen molar-refractivity contribution >= 4 is 17.7 Å². The van der Waals surface area contributed by atoms with Gasteiger partial charge in [-0.05, 0) is 39.0 Å². The lowest BCUT2D eigenvalue weighted by Gasteiger charge is -2.21. The molecule has 0 aliphatic heterocycles. The van der Waals surface area contributed by atoms with Crippen molar-refractivity contribution in [1.29, 1.82) is 0 Å². The molecule has 8 nitrogen and oxygen atoms in total. The minimum absolute atomic E-state index is 0.0883. The molecule has 1 amide bonds. The predicted molar refractivity (Wildman–Crippen MR) is 73.5 cm³/mol. The van der Waals surface area contributed by atoms with Crippen LogP contribution in [0.25, 0.3) is 0 Å². The lowest BCUT2D eigenvalue weighted by molar-refractivity contribution is -0.484. The summed E-state index contributed by atoms with van der Waals surface area (Å²) in [5.74, 6) is -0.663. The maximum absolute atomic E-state index is 11.9. The smallest absolute Gasteiger partial charge is 0.465 e. The molecule has 1 aromatic rings. The summed E-state index contributed by atoms with van der Waals surface area (Å²) in [5.41, 5.74) is -0.895. The van der Waals surface area contributed by atoms with Crippen LogP contribution in [0.15, 0.2) is 24.3 Å². The largest absolute Gasteiger partial charge is 0.473 e. The molecule has 0 radical (unpaired) electrons. The Hall–Kier alpha value is -2.64. The van der Waals surface area contributed by atoms with E-state index in [1.807, 2.05) is 0 Å². The molecule has 1 rings (SSSR count). The highest BCUT2D eigenvalue weighted by Gasteiger charge is 2.32. The summed E-state index contributed by atoms with van der Waals surface area (Å²) < 4.78 is 9.50. The van der Waals surface area contributed by atoms with Gasteiger partial charge in [-0.3, -0.25) is 0 Å². The molecule has 21 heavy (non-hydrogen) atoms. The highest BCUT2D eigenvalue weighted by Crippen LogP contribution is 2.20. The van der Waals surface area contributed by atoms with Gasteiger partial charge < -0.3 is 9.47 Å². The number of benzene rings is 1. The zero-order valence-electron chi connectivity index (χ0n) is 12.2. The molecule has 0 fully saturated rings. The van der Waals surface area contributed by atoms with Gasteiger partial charge in [0.05, 0.1) is 12.7 Å². The van der Waals surface area contributed by atoms with E-state index in [0.29, 0.717) is 0 Å². The molecule has 1 aromatic carbocycles. The maximum atomic E-state index is 11.9. The number of carbonyl (C=O) groups excluding carboxylic acids is 2. The fraction of sp³-hybridized carbons (Fsp3) is 0.385. The number of anilines is 1. The van der Waals surface area contributed by atoms with Crippen LogP contribution in [-0.4, -0.2) is 29.8 Å². The Morgan fingerprint density at radius 1 is 1.29 bits per heavy atom. The molecule has 114 valence electrons. The fourth-order valence-electron chi connectivity index (χ4n) is 1.45. The third-order valence-corrected chi connectivity index (χ3v) is 2.24.